The lowest BCUT2D eigenvalue weighted by molar-refractivity contribution is 0.273. The van der Waals surface area contributed by atoms with E-state index in [1.807, 2.05) is 84.9 Å². The van der Waals surface area contributed by atoms with Crippen LogP contribution in [0.3, 0.4) is 0 Å². The van der Waals surface area contributed by atoms with Gasteiger partial charge in [0.25, 0.3) is 0 Å². The second-order valence-corrected chi connectivity index (χ2v) is 10.1. The normalized spacial score (nSPS) is 11.9. The van der Waals surface area contributed by atoms with Crippen molar-refractivity contribution >= 4 is 44.4 Å². The summed E-state index contributed by atoms with van der Waals surface area (Å²) in [6.45, 7) is -0.0364. The van der Waals surface area contributed by atoms with Crippen LogP contribution >= 0.6 is 23.1 Å². The number of nitrogens with zero attached hydrogens (tertiary/aromatic N) is 3. The smallest absolute Gasteiger partial charge is 0.191 e. The first-order valence-electron chi connectivity index (χ1n) is 11.5. The van der Waals surface area contributed by atoms with Gasteiger partial charge >= 0.3 is 0 Å². The van der Waals surface area contributed by atoms with E-state index in [-0.39, 0.29) is 12.6 Å². The predicted octanol–water partition coefficient (Wildman–Crippen LogP) is 5.77. The molecule has 9 heteroatoms. The zero-order valence-corrected chi connectivity index (χ0v) is 21.0. The van der Waals surface area contributed by atoms with Crippen LogP contribution in [0.2, 0.25) is 0 Å². The van der Waals surface area contributed by atoms with Crippen LogP contribution in [-0.4, -0.2) is 32.7 Å². The van der Waals surface area contributed by atoms with Crippen LogP contribution < -0.4 is 15.8 Å². The van der Waals surface area contributed by atoms with Gasteiger partial charge in [0, 0.05) is 5.75 Å². The van der Waals surface area contributed by atoms with Gasteiger partial charge in [0.15, 0.2) is 21.8 Å². The molecule has 0 aliphatic heterocycles. The number of nitrogens with one attached hydrogen (secondary N) is 1. The number of aromatic nitrogens is 3. The number of rotatable bonds is 10. The fraction of sp³-hybridized carbons (Fsp3) is 0.148. The number of hydrogen-bond donors (Lipinski definition) is 3. The van der Waals surface area contributed by atoms with Crippen molar-refractivity contribution in [2.45, 2.75) is 23.4 Å². The van der Waals surface area contributed by atoms with E-state index in [2.05, 4.69) is 15.3 Å². The van der Waals surface area contributed by atoms with Crippen LogP contribution in [0, 0.1) is 0 Å². The summed E-state index contributed by atoms with van der Waals surface area (Å²) in [5.74, 6) is 2.86. The highest BCUT2D eigenvalue weighted by Gasteiger charge is 2.17. The Hall–Kier alpha value is -3.66. The van der Waals surface area contributed by atoms with Gasteiger partial charge < -0.3 is 20.9 Å². The molecule has 0 aliphatic rings. The molecule has 36 heavy (non-hydrogen) atoms. The minimum absolute atomic E-state index is 0.0364. The quantitative estimate of drug-likeness (QED) is 0.159. The zero-order chi connectivity index (χ0) is 24.7. The lowest BCUT2D eigenvalue weighted by atomic mass is 10.1. The number of fused-ring (bicyclic) bond motifs is 1. The number of aliphatic hydroxyl groups excluding tert-OH is 1. The fourth-order valence-electron chi connectivity index (χ4n) is 3.71. The highest BCUT2D eigenvalue weighted by atomic mass is 32.2. The number of thioether (sulfide) groups is 1. The number of thiazole rings is 1. The molecule has 0 spiro atoms. The summed E-state index contributed by atoms with van der Waals surface area (Å²) in [5, 5.41) is 14.4. The van der Waals surface area contributed by atoms with Gasteiger partial charge in [-0.2, -0.15) is 0 Å². The summed E-state index contributed by atoms with van der Waals surface area (Å²) in [4.78, 5) is 13.8. The highest BCUT2D eigenvalue weighted by molar-refractivity contribution is 7.98. The van der Waals surface area contributed by atoms with Crippen LogP contribution in [0.1, 0.15) is 11.1 Å². The number of anilines is 2. The molecule has 0 amide bonds. The van der Waals surface area contributed by atoms with Crippen molar-refractivity contribution in [3.05, 3.63) is 96.1 Å². The Labute approximate surface area is 217 Å². The molecule has 0 bridgehead atoms. The van der Waals surface area contributed by atoms with E-state index in [1.54, 1.807) is 0 Å². The number of hydrogen-bond acceptors (Lipinski definition) is 9. The minimum atomic E-state index is -0.210. The largest absolute Gasteiger partial charge is 0.457 e. The van der Waals surface area contributed by atoms with Gasteiger partial charge in [0.05, 0.1) is 12.6 Å². The SMILES string of the molecule is Nc1nc2nc(SCc3cccc(Oc4ccccc4)c3)nc(NC(CO)Cc3ccccc3)c2s1. The van der Waals surface area contributed by atoms with Crippen molar-refractivity contribution < 1.29 is 9.84 Å². The topological polar surface area (TPSA) is 106 Å². The standard InChI is InChI=1S/C27H25N5O2S2/c28-26-30-25-23(36-26)24(29-20(16-33)14-18-8-3-1-4-9-18)31-27(32-25)35-17-19-10-7-13-22(15-19)34-21-11-5-2-6-12-21/h1-13,15,20,33H,14,16-17H2,(H3,28,29,30,31,32). The first-order chi connectivity index (χ1) is 17.7. The van der Waals surface area contributed by atoms with Crippen LogP contribution in [0.5, 0.6) is 11.5 Å². The van der Waals surface area contributed by atoms with Crippen LogP contribution in [0.25, 0.3) is 10.3 Å². The molecule has 0 fully saturated rings. The van der Waals surface area contributed by atoms with Crippen LogP contribution in [-0.2, 0) is 12.2 Å². The van der Waals surface area contributed by atoms with Crippen LogP contribution in [0.4, 0.5) is 10.9 Å². The molecule has 0 saturated carbocycles. The van der Waals surface area contributed by atoms with Crippen LogP contribution in [0.15, 0.2) is 90.1 Å². The molecule has 1 unspecified atom stereocenters. The Kier molecular flexibility index (Phi) is 7.61. The summed E-state index contributed by atoms with van der Waals surface area (Å²) in [7, 11) is 0. The Morgan fingerprint density at radius 1 is 0.889 bits per heavy atom. The summed E-state index contributed by atoms with van der Waals surface area (Å²) in [6, 6.07) is 27.5. The number of para-hydroxylation sites is 1. The van der Waals surface area contributed by atoms with Crippen molar-refractivity contribution in [1.29, 1.82) is 0 Å². The molecule has 5 rings (SSSR count). The molecular weight excluding hydrogens is 490 g/mol. The zero-order valence-electron chi connectivity index (χ0n) is 19.4. The predicted molar refractivity (Wildman–Crippen MR) is 147 cm³/mol. The van der Waals surface area contributed by atoms with Crippen molar-refractivity contribution in [2.24, 2.45) is 0 Å². The maximum absolute atomic E-state index is 10.0. The summed E-state index contributed by atoms with van der Waals surface area (Å²) < 4.78 is 6.74. The summed E-state index contributed by atoms with van der Waals surface area (Å²) >= 11 is 2.84. The maximum Gasteiger partial charge on any atom is 0.191 e. The first-order valence-corrected chi connectivity index (χ1v) is 13.3. The van der Waals surface area contributed by atoms with E-state index in [9.17, 15) is 5.11 Å². The van der Waals surface area contributed by atoms with Crippen molar-refractivity contribution in [3.8, 4) is 11.5 Å². The third kappa shape index (κ3) is 6.12. The molecule has 0 aliphatic carbocycles. The van der Waals surface area contributed by atoms with E-state index in [0.29, 0.717) is 33.9 Å². The molecule has 2 heterocycles. The van der Waals surface area contributed by atoms with E-state index >= 15 is 0 Å². The fourth-order valence-corrected chi connectivity index (χ4v) is 5.21. The number of benzene rings is 3. The number of aliphatic hydroxyl groups is 1. The van der Waals surface area contributed by atoms with Crippen molar-refractivity contribution in [3.63, 3.8) is 0 Å². The molecular formula is C27H25N5O2S2. The maximum atomic E-state index is 10.0. The molecule has 182 valence electrons. The van der Waals surface area contributed by atoms with Crippen molar-refractivity contribution in [2.75, 3.05) is 17.7 Å². The van der Waals surface area contributed by atoms with E-state index < -0.39 is 0 Å². The molecule has 5 aromatic rings. The van der Waals surface area contributed by atoms with Gasteiger partial charge in [-0.15, -0.1) is 0 Å². The highest BCUT2D eigenvalue weighted by Crippen LogP contribution is 2.32. The van der Waals surface area contributed by atoms with E-state index in [4.69, 9.17) is 15.5 Å². The summed E-state index contributed by atoms with van der Waals surface area (Å²) in [5.41, 5.74) is 8.75. The van der Waals surface area contributed by atoms with Gasteiger partial charge in [-0.1, -0.05) is 83.8 Å². The van der Waals surface area contributed by atoms with Crippen molar-refractivity contribution in [1.82, 2.24) is 15.0 Å². The van der Waals surface area contributed by atoms with Gasteiger partial charge in [-0.05, 0) is 41.8 Å². The Balaban J connectivity index is 1.33. The second-order valence-electron chi connectivity index (χ2n) is 8.12. The second kappa shape index (κ2) is 11.4. The number of nitrogens with two attached hydrogens (primary N) is 1. The average molecular weight is 516 g/mol. The Morgan fingerprint density at radius 2 is 1.61 bits per heavy atom. The lowest BCUT2D eigenvalue weighted by Crippen LogP contribution is -2.27. The molecule has 0 saturated heterocycles. The Bertz CT molecular complexity index is 1430. The first kappa shape index (κ1) is 24.1. The number of nitrogen functional groups attached to an aromatic ring is 1. The molecule has 7 nitrogen and oxygen atoms in total. The summed E-state index contributed by atoms with van der Waals surface area (Å²) in [6.07, 6.45) is 0.661. The minimum Gasteiger partial charge on any atom is -0.457 e. The lowest BCUT2D eigenvalue weighted by Gasteiger charge is -2.17. The Morgan fingerprint density at radius 3 is 2.39 bits per heavy atom. The molecule has 0 radical (unpaired) electrons. The number of ether oxygens (including phenoxy) is 1. The molecule has 2 aromatic heterocycles. The molecule has 4 N–H and O–H groups in total. The van der Waals surface area contributed by atoms with Gasteiger partial charge in [0.1, 0.15) is 16.2 Å². The third-order valence-electron chi connectivity index (χ3n) is 5.38. The average Bonchev–Trinajstić information content (AvgIpc) is 3.29. The van der Waals surface area contributed by atoms with Gasteiger partial charge in [-0.25, -0.2) is 15.0 Å². The van der Waals surface area contributed by atoms with Gasteiger partial charge in [-0.3, -0.25) is 0 Å². The molecule has 3 aromatic carbocycles. The van der Waals surface area contributed by atoms with E-state index in [0.717, 1.165) is 27.3 Å². The monoisotopic (exact) mass is 515 g/mol. The van der Waals surface area contributed by atoms with Gasteiger partial charge in [0.2, 0.25) is 0 Å². The molecule has 1 atom stereocenters. The third-order valence-corrected chi connectivity index (χ3v) is 7.18. The van der Waals surface area contributed by atoms with E-state index in [1.165, 1.54) is 23.1 Å².